The van der Waals surface area contributed by atoms with Crippen LogP contribution in [0.5, 0.6) is 0 Å². The van der Waals surface area contributed by atoms with Crippen LogP contribution >= 0.6 is 22.9 Å². The minimum absolute atomic E-state index is 0.0108. The van der Waals surface area contributed by atoms with Gasteiger partial charge in [0.1, 0.15) is 10.4 Å². The number of imidazole rings is 1. The number of hydrogen-bond acceptors (Lipinski definition) is 8. The van der Waals surface area contributed by atoms with Crippen LogP contribution in [0.1, 0.15) is 57.9 Å². The monoisotopic (exact) mass is 560 g/mol. The van der Waals surface area contributed by atoms with Crippen molar-refractivity contribution in [2.45, 2.75) is 68.9 Å². The second-order valence-corrected chi connectivity index (χ2v) is 13.4. The number of nitrogens with one attached hydrogen (secondary N) is 1. The fourth-order valence-electron chi connectivity index (χ4n) is 4.58. The van der Waals surface area contributed by atoms with E-state index in [1.807, 2.05) is 11.8 Å². The highest BCUT2D eigenvalue weighted by Crippen LogP contribution is 2.40. The van der Waals surface area contributed by atoms with E-state index in [1.54, 1.807) is 19.9 Å². The lowest BCUT2D eigenvalue weighted by Gasteiger charge is -2.39. The zero-order valence-corrected chi connectivity index (χ0v) is 22.4. The maximum Gasteiger partial charge on any atom is 0.291 e. The quantitative estimate of drug-likeness (QED) is 0.444. The van der Waals surface area contributed by atoms with Crippen LogP contribution in [0.2, 0.25) is 5.15 Å². The Kier molecular flexibility index (Phi) is 6.30. The van der Waals surface area contributed by atoms with Gasteiger partial charge in [-0.1, -0.05) is 22.9 Å². The van der Waals surface area contributed by atoms with Crippen molar-refractivity contribution in [2.75, 3.05) is 18.0 Å². The smallest absolute Gasteiger partial charge is 0.291 e. The van der Waals surface area contributed by atoms with Crippen molar-refractivity contribution < 1.29 is 22.3 Å². The second kappa shape index (κ2) is 8.83. The zero-order chi connectivity index (χ0) is 26.0. The molecule has 0 unspecified atom stereocenters. The largest absolute Gasteiger partial charge is 0.390 e. The number of nitrogens with zero attached hydrogens (tertiary/aromatic N) is 5. The van der Waals surface area contributed by atoms with E-state index >= 15 is 0 Å². The van der Waals surface area contributed by atoms with Crippen LogP contribution < -0.4 is 9.62 Å². The van der Waals surface area contributed by atoms with Crippen LogP contribution in [0.4, 0.5) is 14.5 Å². The minimum atomic E-state index is -3.90. The third kappa shape index (κ3) is 4.83. The first-order valence-corrected chi connectivity index (χ1v) is 14.3. The van der Waals surface area contributed by atoms with Gasteiger partial charge in [0, 0.05) is 24.8 Å². The van der Waals surface area contributed by atoms with Crippen molar-refractivity contribution in [3.63, 3.8) is 0 Å². The van der Waals surface area contributed by atoms with Crippen molar-refractivity contribution in [1.82, 2.24) is 24.3 Å². The van der Waals surface area contributed by atoms with Gasteiger partial charge in [0.15, 0.2) is 21.0 Å². The molecule has 0 spiro atoms. The fourth-order valence-corrected chi connectivity index (χ4v) is 7.01. The predicted octanol–water partition coefficient (Wildman–Crippen LogP) is 4.26. The van der Waals surface area contributed by atoms with E-state index in [-0.39, 0.29) is 26.8 Å². The lowest BCUT2D eigenvalue weighted by atomic mass is 9.83. The number of aliphatic hydroxyl groups is 1. The number of pyridine rings is 1. The zero-order valence-electron chi connectivity index (χ0n) is 20.0. The average molecular weight is 561 g/mol. The number of anilines is 1. The summed E-state index contributed by atoms with van der Waals surface area (Å²) in [5, 5.41) is 17.6. The highest BCUT2D eigenvalue weighted by Gasteiger charge is 2.42. The Morgan fingerprint density at radius 2 is 1.94 bits per heavy atom. The number of halogens is 3. The maximum atomic E-state index is 13.3. The molecule has 2 fully saturated rings. The summed E-state index contributed by atoms with van der Waals surface area (Å²) < 4.78 is 57.3. The molecule has 0 atom stereocenters. The maximum absolute atomic E-state index is 13.3. The first-order valence-electron chi connectivity index (χ1n) is 11.6. The van der Waals surface area contributed by atoms with Gasteiger partial charge in [-0.2, -0.15) is 0 Å². The number of fused-ring (bicyclic) bond motifs is 1. The van der Waals surface area contributed by atoms with Crippen LogP contribution in [-0.4, -0.2) is 57.3 Å². The number of piperidine rings is 1. The summed E-state index contributed by atoms with van der Waals surface area (Å²) >= 11 is 7.23. The second-order valence-electron chi connectivity index (χ2n) is 10.3. The standard InChI is InChI=1S/C22H27ClF2N6O3S2/c1-21(2,32)12-4-8-30(9-5-12)14-10-13(36(33,34)29-22(3)6-7-22)11-31-15(14)16(23)26-18(31)20-28-27-19(35-20)17(24)25/h10-12,17,29,32H,4-9H2,1-3H3. The van der Waals surface area contributed by atoms with Crippen LogP contribution in [0.3, 0.4) is 0 Å². The third-order valence-corrected chi connectivity index (χ3v) is 9.79. The molecule has 196 valence electrons. The van der Waals surface area contributed by atoms with E-state index in [4.69, 9.17) is 11.6 Å². The molecule has 2 N–H and O–H groups in total. The lowest BCUT2D eigenvalue weighted by Crippen LogP contribution is -2.42. The summed E-state index contributed by atoms with van der Waals surface area (Å²) in [6.45, 7) is 6.57. The van der Waals surface area contributed by atoms with Gasteiger partial charge >= 0.3 is 0 Å². The molecule has 0 aromatic carbocycles. The molecule has 0 amide bonds. The molecular weight excluding hydrogens is 534 g/mol. The highest BCUT2D eigenvalue weighted by atomic mass is 35.5. The molecule has 5 rings (SSSR count). The van der Waals surface area contributed by atoms with E-state index < -0.39 is 32.6 Å². The Balaban J connectivity index is 1.64. The molecule has 1 aliphatic carbocycles. The number of aromatic nitrogens is 4. The minimum Gasteiger partial charge on any atom is -0.390 e. The predicted molar refractivity (Wildman–Crippen MR) is 133 cm³/mol. The Labute approximate surface area is 216 Å². The SMILES string of the molecule is CC1(NS(=O)(=O)c2cc(N3CCC(C(C)(C)O)CC3)c3c(Cl)nc(-c4nnc(C(F)F)s4)n3c2)CC1. The molecule has 1 saturated heterocycles. The summed E-state index contributed by atoms with van der Waals surface area (Å²) in [6.07, 6.45) is 1.51. The third-order valence-electron chi connectivity index (χ3n) is 6.99. The summed E-state index contributed by atoms with van der Waals surface area (Å²) in [5.74, 6) is 0.236. The van der Waals surface area contributed by atoms with Crippen LogP contribution in [-0.2, 0) is 10.0 Å². The Morgan fingerprint density at radius 1 is 1.28 bits per heavy atom. The van der Waals surface area contributed by atoms with Gasteiger partial charge in [-0.15, -0.1) is 10.2 Å². The summed E-state index contributed by atoms with van der Waals surface area (Å²) in [6, 6.07) is 1.58. The van der Waals surface area contributed by atoms with Crippen LogP contribution in [0, 0.1) is 5.92 Å². The van der Waals surface area contributed by atoms with Gasteiger partial charge in [0.2, 0.25) is 10.0 Å². The molecule has 36 heavy (non-hydrogen) atoms. The summed E-state index contributed by atoms with van der Waals surface area (Å²) in [4.78, 5) is 6.40. The average Bonchev–Trinajstić information content (AvgIpc) is 3.20. The number of rotatable bonds is 7. The molecule has 1 aliphatic heterocycles. The van der Waals surface area contributed by atoms with Gasteiger partial charge in [-0.25, -0.2) is 26.9 Å². The van der Waals surface area contributed by atoms with E-state index in [1.165, 1.54) is 10.6 Å². The van der Waals surface area contributed by atoms with Crippen molar-refractivity contribution in [3.05, 3.63) is 22.4 Å². The molecule has 9 nitrogen and oxygen atoms in total. The molecule has 0 radical (unpaired) electrons. The van der Waals surface area contributed by atoms with E-state index in [9.17, 15) is 22.3 Å². The Hall–Kier alpha value is -1.93. The van der Waals surface area contributed by atoms with Gasteiger partial charge < -0.3 is 10.0 Å². The lowest BCUT2D eigenvalue weighted by molar-refractivity contribution is 0.00653. The van der Waals surface area contributed by atoms with Crippen molar-refractivity contribution in [3.8, 4) is 10.8 Å². The Morgan fingerprint density at radius 3 is 2.50 bits per heavy atom. The van der Waals surface area contributed by atoms with Gasteiger partial charge in [0.25, 0.3) is 6.43 Å². The molecule has 1 saturated carbocycles. The number of hydrogen-bond donors (Lipinski definition) is 2. The topological polar surface area (TPSA) is 113 Å². The first-order chi connectivity index (χ1) is 16.8. The van der Waals surface area contributed by atoms with E-state index in [0.29, 0.717) is 48.5 Å². The highest BCUT2D eigenvalue weighted by molar-refractivity contribution is 7.89. The van der Waals surface area contributed by atoms with Gasteiger partial charge in [-0.3, -0.25) is 4.40 Å². The van der Waals surface area contributed by atoms with Gasteiger partial charge in [0.05, 0.1) is 11.3 Å². The molecule has 2 aliphatic rings. The molecule has 4 heterocycles. The van der Waals surface area contributed by atoms with Crippen molar-refractivity contribution in [1.29, 1.82) is 0 Å². The molecule has 3 aromatic rings. The van der Waals surface area contributed by atoms with Crippen molar-refractivity contribution >= 4 is 44.2 Å². The Bertz CT molecular complexity index is 1410. The first kappa shape index (κ1) is 25.7. The molecular formula is C22H27ClF2N6O3S2. The molecule has 14 heteroatoms. The number of alkyl halides is 2. The summed E-state index contributed by atoms with van der Waals surface area (Å²) in [5.41, 5.74) is -0.285. The van der Waals surface area contributed by atoms with Crippen LogP contribution in [0.25, 0.3) is 16.3 Å². The van der Waals surface area contributed by atoms with E-state index in [0.717, 1.165) is 12.8 Å². The van der Waals surface area contributed by atoms with Crippen molar-refractivity contribution in [2.24, 2.45) is 5.92 Å². The van der Waals surface area contributed by atoms with Crippen LogP contribution in [0.15, 0.2) is 17.2 Å². The normalized spacial score (nSPS) is 18.9. The molecule has 3 aromatic heterocycles. The fraction of sp³-hybridized carbons (Fsp3) is 0.591. The van der Waals surface area contributed by atoms with Gasteiger partial charge in [-0.05, 0) is 58.4 Å². The number of sulfonamides is 1. The molecule has 0 bridgehead atoms. The van der Waals surface area contributed by atoms with E-state index in [2.05, 4.69) is 19.9 Å². The summed E-state index contributed by atoms with van der Waals surface area (Å²) in [7, 11) is -3.90.